The second-order valence-corrected chi connectivity index (χ2v) is 13.4. The quantitative estimate of drug-likeness (QED) is 0.0841. The predicted molar refractivity (Wildman–Crippen MR) is 183 cm³/mol. The summed E-state index contributed by atoms with van der Waals surface area (Å²) in [4.78, 5) is 40.5. The molecule has 0 aromatic heterocycles. The largest absolute Gasteiger partial charge is 0.354 e. The summed E-state index contributed by atoms with van der Waals surface area (Å²) in [6, 6.07) is 25.4. The van der Waals surface area contributed by atoms with Gasteiger partial charge in [0, 0.05) is 31.6 Å². The molecule has 47 heavy (non-hydrogen) atoms. The van der Waals surface area contributed by atoms with E-state index in [0.717, 1.165) is 28.8 Å². The fourth-order valence-electron chi connectivity index (χ4n) is 4.90. The molecule has 0 bridgehead atoms. The first-order valence-electron chi connectivity index (χ1n) is 14.9. The van der Waals surface area contributed by atoms with E-state index in [2.05, 4.69) is 5.32 Å². The van der Waals surface area contributed by atoms with Crippen molar-refractivity contribution in [1.82, 2.24) is 10.2 Å². The van der Waals surface area contributed by atoms with Crippen molar-refractivity contribution < 1.29 is 22.9 Å². The molecule has 0 aliphatic rings. The minimum absolute atomic E-state index is 0.0853. The summed E-state index contributed by atoms with van der Waals surface area (Å²) in [5.41, 5.74) is 0.897. The first-order valence-corrected chi connectivity index (χ1v) is 17.1. The zero-order valence-corrected chi connectivity index (χ0v) is 27.9. The molecule has 10 nitrogen and oxygen atoms in total. The Labute approximate surface area is 284 Å². The molecule has 0 unspecified atom stereocenters. The number of nitrogens with one attached hydrogen (secondary N) is 1. The van der Waals surface area contributed by atoms with Gasteiger partial charge in [-0.3, -0.25) is 24.0 Å². The van der Waals surface area contributed by atoms with Crippen LogP contribution in [-0.2, 0) is 32.6 Å². The number of carbonyl (C=O) groups excluding carboxylic acids is 2. The molecule has 4 rings (SSSR count). The highest BCUT2D eigenvalue weighted by Crippen LogP contribution is 2.29. The zero-order valence-electron chi connectivity index (χ0n) is 25.6. The topological polar surface area (TPSA) is 130 Å². The molecular formula is C34H34Cl2N4O6S. The number of hydrogen-bond donors (Lipinski definition) is 1. The number of carbonyl (C=O) groups is 2. The lowest BCUT2D eigenvalue weighted by molar-refractivity contribution is -0.384. The van der Waals surface area contributed by atoms with Crippen molar-refractivity contribution >= 4 is 56.4 Å². The standard InChI is InChI=1S/C34H34Cl2N4O6S/c1-2-3-19-37-34(42)32(21-25-11-6-4-7-12-25)38(23-26-17-18-30(35)31(36)20-26)33(41)24-39(27-13-10-14-28(22-27)40(43)44)47(45,46)29-15-8-5-9-16-29/h4-18,20,22,32H,2-3,19,21,23-24H2,1H3,(H,37,42)/t32-/m0/s1. The van der Waals surface area contributed by atoms with Gasteiger partial charge in [-0.25, -0.2) is 8.42 Å². The second kappa shape index (κ2) is 16.4. The van der Waals surface area contributed by atoms with Crippen molar-refractivity contribution in [1.29, 1.82) is 0 Å². The van der Waals surface area contributed by atoms with Crippen molar-refractivity contribution in [3.05, 3.63) is 134 Å². The van der Waals surface area contributed by atoms with E-state index in [1.807, 2.05) is 37.3 Å². The van der Waals surface area contributed by atoms with Gasteiger partial charge in [0.15, 0.2) is 0 Å². The highest BCUT2D eigenvalue weighted by molar-refractivity contribution is 7.92. The Morgan fingerprint density at radius 3 is 2.19 bits per heavy atom. The van der Waals surface area contributed by atoms with Gasteiger partial charge in [0.2, 0.25) is 11.8 Å². The predicted octanol–water partition coefficient (Wildman–Crippen LogP) is 6.65. The molecular weight excluding hydrogens is 663 g/mol. The molecule has 4 aromatic carbocycles. The summed E-state index contributed by atoms with van der Waals surface area (Å²) in [5.74, 6) is -1.13. The number of amides is 2. The Morgan fingerprint density at radius 2 is 1.55 bits per heavy atom. The molecule has 2 amide bonds. The van der Waals surface area contributed by atoms with Crippen LogP contribution in [-0.4, -0.2) is 49.2 Å². The van der Waals surface area contributed by atoms with Gasteiger partial charge in [0.05, 0.1) is 25.6 Å². The van der Waals surface area contributed by atoms with E-state index in [4.69, 9.17) is 23.2 Å². The van der Waals surface area contributed by atoms with E-state index in [1.54, 1.807) is 24.3 Å². The molecule has 0 saturated heterocycles. The molecule has 0 aliphatic carbocycles. The second-order valence-electron chi connectivity index (χ2n) is 10.7. The van der Waals surface area contributed by atoms with Gasteiger partial charge in [0.1, 0.15) is 12.6 Å². The number of hydrogen-bond acceptors (Lipinski definition) is 6. The highest BCUT2D eigenvalue weighted by atomic mass is 35.5. The molecule has 1 N–H and O–H groups in total. The Bertz CT molecular complexity index is 1810. The minimum Gasteiger partial charge on any atom is -0.354 e. The Morgan fingerprint density at radius 1 is 0.872 bits per heavy atom. The van der Waals surface area contributed by atoms with E-state index in [-0.39, 0.29) is 34.3 Å². The van der Waals surface area contributed by atoms with Crippen LogP contribution in [0, 0.1) is 10.1 Å². The number of anilines is 1. The molecule has 4 aromatic rings. The van der Waals surface area contributed by atoms with E-state index >= 15 is 0 Å². The maximum atomic E-state index is 14.5. The van der Waals surface area contributed by atoms with Gasteiger partial charge in [0.25, 0.3) is 15.7 Å². The molecule has 246 valence electrons. The first-order chi connectivity index (χ1) is 22.5. The van der Waals surface area contributed by atoms with Crippen LogP contribution < -0.4 is 9.62 Å². The van der Waals surface area contributed by atoms with Gasteiger partial charge >= 0.3 is 0 Å². The van der Waals surface area contributed by atoms with Crippen molar-refractivity contribution in [3.8, 4) is 0 Å². The highest BCUT2D eigenvalue weighted by Gasteiger charge is 2.35. The number of halogens is 2. The van der Waals surface area contributed by atoms with Gasteiger partial charge in [-0.15, -0.1) is 0 Å². The van der Waals surface area contributed by atoms with Crippen molar-refractivity contribution in [3.63, 3.8) is 0 Å². The summed E-state index contributed by atoms with van der Waals surface area (Å²) in [6.45, 7) is 1.51. The molecule has 0 radical (unpaired) electrons. The Kier molecular flexibility index (Phi) is 12.4. The average molecular weight is 698 g/mol. The third-order valence-electron chi connectivity index (χ3n) is 7.38. The number of rotatable bonds is 15. The third kappa shape index (κ3) is 9.31. The summed E-state index contributed by atoms with van der Waals surface area (Å²) in [7, 11) is -4.41. The minimum atomic E-state index is -4.41. The van der Waals surface area contributed by atoms with Crippen LogP contribution in [0.5, 0.6) is 0 Å². The van der Waals surface area contributed by atoms with Crippen LogP contribution in [0.2, 0.25) is 10.0 Å². The SMILES string of the molecule is CCCCNC(=O)[C@H](Cc1ccccc1)N(Cc1ccc(Cl)c(Cl)c1)C(=O)CN(c1cccc([N+](=O)[O-])c1)S(=O)(=O)c1ccccc1. The number of nitro benzene ring substituents is 1. The van der Waals surface area contributed by atoms with Crippen LogP contribution >= 0.6 is 23.2 Å². The normalized spacial score (nSPS) is 11.8. The fourth-order valence-corrected chi connectivity index (χ4v) is 6.65. The smallest absolute Gasteiger partial charge is 0.271 e. The van der Waals surface area contributed by atoms with Crippen LogP contribution in [0.15, 0.2) is 108 Å². The first kappa shape index (κ1) is 35.4. The third-order valence-corrected chi connectivity index (χ3v) is 9.90. The maximum absolute atomic E-state index is 14.5. The summed E-state index contributed by atoms with van der Waals surface area (Å²) in [5, 5.41) is 15.1. The van der Waals surface area contributed by atoms with E-state index in [1.165, 1.54) is 47.4 Å². The van der Waals surface area contributed by atoms with Crippen molar-refractivity contribution in [2.75, 3.05) is 17.4 Å². The van der Waals surface area contributed by atoms with E-state index in [9.17, 15) is 28.1 Å². The molecule has 0 fully saturated rings. The van der Waals surface area contributed by atoms with Gasteiger partial charge in [-0.1, -0.05) is 97.2 Å². The molecule has 0 spiro atoms. The number of non-ortho nitro benzene ring substituents is 1. The number of nitro groups is 1. The van der Waals surface area contributed by atoms with Gasteiger partial charge in [-0.05, 0) is 47.9 Å². The molecule has 13 heteroatoms. The maximum Gasteiger partial charge on any atom is 0.271 e. The number of unbranched alkanes of at least 4 members (excludes halogenated alkanes) is 1. The Hall–Kier alpha value is -4.45. The van der Waals surface area contributed by atoms with Crippen LogP contribution in [0.1, 0.15) is 30.9 Å². The Balaban J connectivity index is 1.82. The molecule has 0 aliphatic heterocycles. The molecule has 1 atom stereocenters. The van der Waals surface area contributed by atoms with Gasteiger partial charge in [-0.2, -0.15) is 0 Å². The summed E-state index contributed by atoms with van der Waals surface area (Å²) < 4.78 is 28.9. The van der Waals surface area contributed by atoms with Crippen molar-refractivity contribution in [2.45, 2.75) is 43.7 Å². The van der Waals surface area contributed by atoms with Crippen molar-refractivity contribution in [2.24, 2.45) is 0 Å². The monoisotopic (exact) mass is 696 g/mol. The molecule has 0 heterocycles. The number of nitrogens with zero attached hydrogens (tertiary/aromatic N) is 3. The van der Waals surface area contributed by atoms with Gasteiger partial charge < -0.3 is 10.2 Å². The van der Waals surface area contributed by atoms with Crippen LogP contribution in [0.25, 0.3) is 0 Å². The average Bonchev–Trinajstić information content (AvgIpc) is 3.07. The van der Waals surface area contributed by atoms with Crippen LogP contribution in [0.4, 0.5) is 11.4 Å². The lowest BCUT2D eigenvalue weighted by Gasteiger charge is -2.34. The number of benzene rings is 4. The zero-order chi connectivity index (χ0) is 34.0. The summed E-state index contributed by atoms with van der Waals surface area (Å²) in [6.07, 6.45) is 1.69. The lowest BCUT2D eigenvalue weighted by Crippen LogP contribution is -2.53. The summed E-state index contributed by atoms with van der Waals surface area (Å²) >= 11 is 12.5. The van der Waals surface area contributed by atoms with Crippen LogP contribution in [0.3, 0.4) is 0 Å². The van der Waals surface area contributed by atoms with E-state index < -0.39 is 39.3 Å². The molecule has 0 saturated carbocycles. The van der Waals surface area contributed by atoms with E-state index in [0.29, 0.717) is 17.1 Å². The number of sulfonamides is 1. The fraction of sp³-hybridized carbons (Fsp3) is 0.235. The lowest BCUT2D eigenvalue weighted by atomic mass is 10.0.